The Kier molecular flexibility index (Phi) is 3.22. The van der Waals surface area contributed by atoms with Crippen LogP contribution in [0.3, 0.4) is 0 Å². The molecule has 0 aromatic carbocycles. The minimum Gasteiger partial charge on any atom is -0.463 e. The van der Waals surface area contributed by atoms with E-state index in [-0.39, 0.29) is 0 Å². The number of nitrogens with two attached hydrogens (primary N) is 1. The van der Waals surface area contributed by atoms with Crippen molar-refractivity contribution >= 4 is 28.8 Å². The molecular weight excluding hydrogens is 285 g/mol. The smallest absolute Gasteiger partial charge is 0.156 e. The summed E-state index contributed by atoms with van der Waals surface area (Å²) >= 11 is 12.2. The van der Waals surface area contributed by atoms with Crippen LogP contribution < -0.4 is 5.73 Å². The molecule has 0 amide bonds. The van der Waals surface area contributed by atoms with Crippen LogP contribution in [0, 0.1) is 0 Å². The van der Waals surface area contributed by atoms with Crippen molar-refractivity contribution in [1.82, 2.24) is 9.38 Å². The van der Waals surface area contributed by atoms with Crippen LogP contribution in [0.2, 0.25) is 10.0 Å². The van der Waals surface area contributed by atoms with Gasteiger partial charge in [-0.15, -0.1) is 0 Å². The highest BCUT2D eigenvalue weighted by atomic mass is 35.5. The van der Waals surface area contributed by atoms with Gasteiger partial charge in [-0.1, -0.05) is 23.2 Å². The van der Waals surface area contributed by atoms with Crippen LogP contribution in [0.15, 0.2) is 35.1 Å². The first kappa shape index (κ1) is 12.5. The molecule has 0 spiro atoms. The summed E-state index contributed by atoms with van der Waals surface area (Å²) < 4.78 is 7.28. The monoisotopic (exact) mass is 295 g/mol. The fourth-order valence-electron chi connectivity index (χ4n) is 2.11. The zero-order chi connectivity index (χ0) is 13.4. The van der Waals surface area contributed by atoms with Crippen LogP contribution in [0.4, 0.5) is 0 Å². The summed E-state index contributed by atoms with van der Waals surface area (Å²) in [5.41, 5.74) is 8.02. The molecule has 0 fully saturated rings. The second-order valence-corrected chi connectivity index (χ2v) is 4.97. The Hall–Kier alpha value is -1.49. The molecule has 3 heterocycles. The molecule has 3 aromatic heterocycles. The minimum atomic E-state index is 0.503. The van der Waals surface area contributed by atoms with Crippen molar-refractivity contribution in [3.8, 4) is 11.5 Å². The van der Waals surface area contributed by atoms with E-state index in [0.29, 0.717) is 34.4 Å². The molecule has 3 aromatic rings. The van der Waals surface area contributed by atoms with Crippen LogP contribution >= 0.6 is 23.2 Å². The van der Waals surface area contributed by atoms with Gasteiger partial charge in [-0.05, 0) is 24.7 Å². The third-order valence-electron chi connectivity index (χ3n) is 2.88. The van der Waals surface area contributed by atoms with E-state index in [0.717, 1.165) is 11.4 Å². The molecule has 0 aliphatic carbocycles. The maximum absolute atomic E-state index is 6.18. The number of aromatic nitrogens is 2. The Labute approximate surface area is 119 Å². The molecule has 0 saturated heterocycles. The van der Waals surface area contributed by atoms with Crippen LogP contribution in [-0.4, -0.2) is 15.9 Å². The van der Waals surface area contributed by atoms with E-state index in [2.05, 4.69) is 4.98 Å². The molecule has 0 saturated carbocycles. The van der Waals surface area contributed by atoms with Gasteiger partial charge in [0.2, 0.25) is 0 Å². The number of hydrogen-bond donors (Lipinski definition) is 1. The van der Waals surface area contributed by atoms with E-state index in [4.69, 9.17) is 33.4 Å². The predicted octanol–water partition coefficient (Wildman–Crippen LogP) is 3.40. The van der Waals surface area contributed by atoms with Crippen LogP contribution in [0.1, 0.15) is 5.69 Å². The molecular formula is C13H11Cl2N3O. The maximum atomic E-state index is 6.18. The summed E-state index contributed by atoms with van der Waals surface area (Å²) in [7, 11) is 0. The van der Waals surface area contributed by atoms with Gasteiger partial charge in [-0.2, -0.15) is 0 Å². The van der Waals surface area contributed by atoms with E-state index in [9.17, 15) is 0 Å². The van der Waals surface area contributed by atoms with Gasteiger partial charge in [0, 0.05) is 12.6 Å². The molecule has 0 bridgehead atoms. The molecule has 6 heteroatoms. The van der Waals surface area contributed by atoms with Gasteiger partial charge < -0.3 is 14.6 Å². The summed E-state index contributed by atoms with van der Waals surface area (Å²) in [4.78, 5) is 4.54. The summed E-state index contributed by atoms with van der Waals surface area (Å²) in [6.45, 7) is 0.506. The normalized spacial score (nSPS) is 11.3. The largest absolute Gasteiger partial charge is 0.463 e. The lowest BCUT2D eigenvalue weighted by Crippen LogP contribution is -2.06. The van der Waals surface area contributed by atoms with Crippen LogP contribution in [-0.2, 0) is 6.42 Å². The second-order valence-electron chi connectivity index (χ2n) is 4.12. The Balaban J connectivity index is 2.33. The van der Waals surface area contributed by atoms with E-state index in [1.807, 2.05) is 16.5 Å². The van der Waals surface area contributed by atoms with Crippen molar-refractivity contribution in [1.29, 1.82) is 0 Å². The van der Waals surface area contributed by atoms with Crippen molar-refractivity contribution in [3.63, 3.8) is 0 Å². The zero-order valence-electron chi connectivity index (χ0n) is 9.94. The van der Waals surface area contributed by atoms with Gasteiger partial charge in [-0.3, -0.25) is 0 Å². The van der Waals surface area contributed by atoms with Gasteiger partial charge in [0.05, 0.1) is 22.0 Å². The molecule has 0 aliphatic rings. The van der Waals surface area contributed by atoms with Crippen molar-refractivity contribution in [3.05, 3.63) is 46.4 Å². The minimum absolute atomic E-state index is 0.503. The average molecular weight is 296 g/mol. The summed E-state index contributed by atoms with van der Waals surface area (Å²) in [5.74, 6) is 0.694. The number of fused-ring (bicyclic) bond motifs is 1. The van der Waals surface area contributed by atoms with Gasteiger partial charge >= 0.3 is 0 Å². The summed E-state index contributed by atoms with van der Waals surface area (Å²) in [6.07, 6.45) is 4.06. The Bertz CT molecular complexity index is 719. The molecule has 19 heavy (non-hydrogen) atoms. The molecule has 3 rings (SSSR count). The van der Waals surface area contributed by atoms with Gasteiger partial charge in [0.1, 0.15) is 5.69 Å². The fourth-order valence-corrected chi connectivity index (χ4v) is 2.62. The van der Waals surface area contributed by atoms with Gasteiger partial charge in [-0.25, -0.2) is 4.98 Å². The van der Waals surface area contributed by atoms with Gasteiger partial charge in [0.25, 0.3) is 0 Å². The van der Waals surface area contributed by atoms with E-state index >= 15 is 0 Å². The first-order chi connectivity index (χ1) is 9.20. The first-order valence-corrected chi connectivity index (χ1v) is 6.56. The van der Waals surface area contributed by atoms with Crippen molar-refractivity contribution in [2.24, 2.45) is 5.73 Å². The summed E-state index contributed by atoms with van der Waals surface area (Å²) in [6, 6.07) is 5.35. The topological polar surface area (TPSA) is 56.5 Å². The number of imidazole rings is 1. The SMILES string of the molecule is NCCc1c(-c2ccco2)nc2c(Cl)cc(Cl)cn12. The first-order valence-electron chi connectivity index (χ1n) is 5.80. The van der Waals surface area contributed by atoms with E-state index in [1.54, 1.807) is 18.5 Å². The number of pyridine rings is 1. The van der Waals surface area contributed by atoms with Crippen LogP contribution in [0.25, 0.3) is 17.1 Å². The second kappa shape index (κ2) is 4.89. The van der Waals surface area contributed by atoms with E-state index < -0.39 is 0 Å². The third kappa shape index (κ3) is 2.12. The third-order valence-corrected chi connectivity index (χ3v) is 3.36. The molecule has 0 unspecified atom stereocenters. The molecule has 0 radical (unpaired) electrons. The predicted molar refractivity (Wildman–Crippen MR) is 75.7 cm³/mol. The highest BCUT2D eigenvalue weighted by Crippen LogP contribution is 2.30. The van der Waals surface area contributed by atoms with Crippen LogP contribution in [0.5, 0.6) is 0 Å². The maximum Gasteiger partial charge on any atom is 0.156 e. The lowest BCUT2D eigenvalue weighted by molar-refractivity contribution is 0.579. The number of nitrogens with zero attached hydrogens (tertiary/aromatic N) is 2. The standard InChI is InChI=1S/C13H11Cl2N3O/c14-8-6-9(15)13-17-12(11-2-1-5-19-11)10(3-4-16)18(13)7-8/h1-2,5-7H,3-4,16H2. The lowest BCUT2D eigenvalue weighted by atomic mass is 10.2. The molecule has 4 nitrogen and oxygen atoms in total. The molecule has 98 valence electrons. The van der Waals surface area contributed by atoms with Crippen molar-refractivity contribution < 1.29 is 4.42 Å². The number of furan rings is 1. The summed E-state index contributed by atoms with van der Waals surface area (Å²) in [5, 5.41) is 1.06. The Morgan fingerprint density at radius 3 is 2.89 bits per heavy atom. The number of rotatable bonds is 3. The lowest BCUT2D eigenvalue weighted by Gasteiger charge is -2.03. The molecule has 0 aliphatic heterocycles. The molecule has 2 N–H and O–H groups in total. The highest BCUT2D eigenvalue weighted by Gasteiger charge is 2.17. The average Bonchev–Trinajstić information content (AvgIpc) is 2.98. The Morgan fingerprint density at radius 1 is 1.37 bits per heavy atom. The Morgan fingerprint density at radius 2 is 2.21 bits per heavy atom. The quantitative estimate of drug-likeness (QED) is 0.806. The van der Waals surface area contributed by atoms with Crippen molar-refractivity contribution in [2.45, 2.75) is 6.42 Å². The number of halogens is 2. The van der Waals surface area contributed by atoms with Gasteiger partial charge in [0.15, 0.2) is 11.4 Å². The fraction of sp³-hybridized carbons (Fsp3) is 0.154. The van der Waals surface area contributed by atoms with Crippen molar-refractivity contribution in [2.75, 3.05) is 6.54 Å². The zero-order valence-corrected chi connectivity index (χ0v) is 11.4. The van der Waals surface area contributed by atoms with E-state index in [1.165, 1.54) is 0 Å². The number of hydrogen-bond acceptors (Lipinski definition) is 3. The molecule has 0 atom stereocenters. The highest BCUT2D eigenvalue weighted by molar-refractivity contribution is 6.36.